The molecule has 4 aliphatic rings. The van der Waals surface area contributed by atoms with E-state index in [0.717, 1.165) is 20.6 Å². The van der Waals surface area contributed by atoms with Crippen LogP contribution in [0.3, 0.4) is 0 Å². The molecule has 2 aliphatic carbocycles. The second-order valence-corrected chi connectivity index (χ2v) is 12.7. The van der Waals surface area contributed by atoms with Gasteiger partial charge in [0, 0.05) is 16.5 Å². The van der Waals surface area contributed by atoms with Gasteiger partial charge in [-0.25, -0.2) is 4.39 Å². The van der Waals surface area contributed by atoms with Gasteiger partial charge in [-0.05, 0) is 83.3 Å². The zero-order chi connectivity index (χ0) is 27.3. The quantitative estimate of drug-likeness (QED) is 0.223. The molecule has 6 rings (SSSR count). The number of imide groups is 2. The molecule has 2 saturated heterocycles. The van der Waals surface area contributed by atoms with Gasteiger partial charge in [-0.3, -0.25) is 29.0 Å². The van der Waals surface area contributed by atoms with Crippen molar-refractivity contribution in [1.82, 2.24) is 4.90 Å². The van der Waals surface area contributed by atoms with E-state index >= 15 is 0 Å². The van der Waals surface area contributed by atoms with E-state index in [-0.39, 0.29) is 24.3 Å². The molecular formula is C27H20Cl2FIN2O5. The van der Waals surface area contributed by atoms with Crippen molar-refractivity contribution in [2.24, 2.45) is 17.8 Å². The molecule has 2 aliphatic heterocycles. The average Bonchev–Trinajstić information content (AvgIpc) is 3.21. The highest BCUT2D eigenvalue weighted by Crippen LogP contribution is 2.65. The zero-order valence-electron chi connectivity index (χ0n) is 19.8. The molecule has 11 heteroatoms. The predicted molar refractivity (Wildman–Crippen MR) is 145 cm³/mol. The van der Waals surface area contributed by atoms with E-state index in [1.807, 2.05) is 0 Å². The van der Waals surface area contributed by atoms with E-state index in [9.17, 15) is 28.7 Å². The Hall–Kier alpha value is -2.50. The van der Waals surface area contributed by atoms with Gasteiger partial charge in [0.1, 0.15) is 0 Å². The fraction of sp³-hybridized carbons (Fsp3) is 0.333. The van der Waals surface area contributed by atoms with Crippen molar-refractivity contribution >= 4 is 75.1 Å². The third-order valence-electron chi connectivity index (χ3n) is 8.40. The molecular weight excluding hydrogens is 649 g/mol. The summed E-state index contributed by atoms with van der Waals surface area (Å²) < 4.78 is 15.5. The molecule has 6 atom stereocenters. The lowest BCUT2D eigenvalue weighted by Crippen LogP contribution is -2.60. The number of amides is 4. The molecule has 1 saturated carbocycles. The van der Waals surface area contributed by atoms with Crippen LogP contribution in [0.25, 0.3) is 0 Å². The Balaban J connectivity index is 1.52. The molecule has 0 radical (unpaired) electrons. The van der Waals surface area contributed by atoms with Gasteiger partial charge in [-0.1, -0.05) is 17.7 Å². The molecule has 0 unspecified atom stereocenters. The van der Waals surface area contributed by atoms with E-state index in [4.69, 9.17) is 23.2 Å². The standard InChI is InChI=1S/C27H20Cl2FIN2O5/c1-32-24(37)26(28)11-17-15(21(27(26,29)25(32)38)12-2-9-19(34)18(30)10-12)7-8-16-20(17)23(36)33(22(16)35)14-5-3-13(31)4-6-14/h2-7,9-10,16-17,20-21,34H,8,11H2,1H3/t16-,17+,20-,21-,26+,27-/m0/s1. The number of phenolic OH excluding ortho intramolecular Hbond substituents is 1. The largest absolute Gasteiger partial charge is 0.505 e. The summed E-state index contributed by atoms with van der Waals surface area (Å²) in [5.41, 5.74) is 1.24. The molecule has 3 fully saturated rings. The average molecular weight is 669 g/mol. The molecule has 0 aromatic heterocycles. The second kappa shape index (κ2) is 8.50. The minimum absolute atomic E-state index is 0.142. The van der Waals surface area contributed by atoms with Crippen molar-refractivity contribution in [2.75, 3.05) is 11.9 Å². The van der Waals surface area contributed by atoms with Crippen LogP contribution >= 0.6 is 45.8 Å². The first-order valence-corrected chi connectivity index (χ1v) is 13.8. The van der Waals surface area contributed by atoms with Gasteiger partial charge in [-0.15, -0.1) is 23.2 Å². The van der Waals surface area contributed by atoms with E-state index in [1.165, 1.54) is 18.0 Å². The predicted octanol–water partition coefficient (Wildman–Crippen LogP) is 4.33. The molecule has 38 heavy (non-hydrogen) atoms. The number of carbonyl (C=O) groups is 4. The summed E-state index contributed by atoms with van der Waals surface area (Å²) in [6.45, 7) is 0. The Bertz CT molecular complexity index is 1480. The Kier molecular flexibility index (Phi) is 5.76. The Morgan fingerprint density at radius 2 is 1.68 bits per heavy atom. The second-order valence-electron chi connectivity index (χ2n) is 10.2. The number of alkyl halides is 2. The van der Waals surface area contributed by atoms with Gasteiger partial charge in [-0.2, -0.15) is 0 Å². The first-order valence-electron chi connectivity index (χ1n) is 11.9. The number of hydrogen-bond acceptors (Lipinski definition) is 5. The lowest BCUT2D eigenvalue weighted by atomic mass is 9.56. The van der Waals surface area contributed by atoms with Crippen LogP contribution in [0.15, 0.2) is 54.1 Å². The summed E-state index contributed by atoms with van der Waals surface area (Å²) >= 11 is 16.2. The van der Waals surface area contributed by atoms with E-state index in [0.29, 0.717) is 11.3 Å². The minimum atomic E-state index is -2.00. The summed E-state index contributed by atoms with van der Waals surface area (Å²) in [7, 11) is 1.29. The Labute approximate surface area is 240 Å². The number of halogens is 4. The van der Waals surface area contributed by atoms with Crippen molar-refractivity contribution < 1.29 is 28.7 Å². The van der Waals surface area contributed by atoms with Crippen LogP contribution in [0.1, 0.15) is 24.3 Å². The fourth-order valence-electron chi connectivity index (χ4n) is 6.67. The summed E-state index contributed by atoms with van der Waals surface area (Å²) in [6.07, 6.45) is 1.84. The number of fused-ring (bicyclic) bond motifs is 4. The number of nitrogens with zero attached hydrogens (tertiary/aromatic N) is 2. The van der Waals surface area contributed by atoms with Crippen molar-refractivity contribution in [1.29, 1.82) is 0 Å². The number of aromatic hydroxyl groups is 1. The third kappa shape index (κ3) is 3.18. The molecule has 7 nitrogen and oxygen atoms in total. The summed E-state index contributed by atoms with van der Waals surface area (Å²) in [6, 6.07) is 10.6. The first-order chi connectivity index (χ1) is 17.9. The maximum absolute atomic E-state index is 14.6. The summed E-state index contributed by atoms with van der Waals surface area (Å²) in [4.78, 5) is 52.3. The van der Waals surface area contributed by atoms with E-state index in [1.54, 1.807) is 30.3 Å². The van der Waals surface area contributed by atoms with Crippen LogP contribution in [0, 0.1) is 27.1 Å². The smallest absolute Gasteiger partial charge is 0.253 e. The molecule has 196 valence electrons. The van der Waals surface area contributed by atoms with Crippen molar-refractivity contribution in [3.63, 3.8) is 0 Å². The SMILES string of the molecule is CN1C(=O)[C@]2(Cl)C[C@@H]3C(=CC[C@@H]4C(=O)N(c5ccc(I)cc5)C(=O)[C@@H]43)[C@H](c3ccc(O)c(F)c3)[C@]2(Cl)C1=O. The van der Waals surface area contributed by atoms with Gasteiger partial charge >= 0.3 is 0 Å². The van der Waals surface area contributed by atoms with E-state index < -0.39 is 62.7 Å². The number of hydrogen-bond donors (Lipinski definition) is 1. The first kappa shape index (κ1) is 25.8. The topological polar surface area (TPSA) is 95.0 Å². The third-order valence-corrected chi connectivity index (χ3v) is 10.5. The highest BCUT2D eigenvalue weighted by molar-refractivity contribution is 14.1. The van der Waals surface area contributed by atoms with Crippen LogP contribution in [0.2, 0.25) is 0 Å². The molecule has 1 N–H and O–H groups in total. The van der Waals surface area contributed by atoms with Gasteiger partial charge in [0.2, 0.25) is 11.8 Å². The van der Waals surface area contributed by atoms with Crippen LogP contribution in [0.5, 0.6) is 5.75 Å². The maximum atomic E-state index is 14.6. The van der Waals surface area contributed by atoms with Crippen LogP contribution < -0.4 is 4.90 Å². The molecule has 2 aromatic carbocycles. The van der Waals surface area contributed by atoms with Gasteiger partial charge in [0.05, 0.1) is 17.5 Å². The van der Waals surface area contributed by atoms with Crippen molar-refractivity contribution in [3.8, 4) is 5.75 Å². The monoisotopic (exact) mass is 668 g/mol. The highest BCUT2D eigenvalue weighted by atomic mass is 127. The fourth-order valence-corrected chi connectivity index (χ4v) is 8.04. The molecule has 2 heterocycles. The lowest BCUT2D eigenvalue weighted by molar-refractivity contribution is -0.138. The van der Waals surface area contributed by atoms with E-state index in [2.05, 4.69) is 22.6 Å². The highest BCUT2D eigenvalue weighted by Gasteiger charge is 2.75. The number of likely N-dealkylation sites (tertiary alicyclic amines) is 1. The zero-order valence-corrected chi connectivity index (χ0v) is 23.5. The number of carbonyl (C=O) groups excluding carboxylic acids is 4. The van der Waals surface area contributed by atoms with Crippen molar-refractivity contribution in [3.05, 3.63) is 69.1 Å². The maximum Gasteiger partial charge on any atom is 0.253 e. The van der Waals surface area contributed by atoms with Crippen LogP contribution in [0.4, 0.5) is 10.1 Å². The number of phenols is 1. The number of rotatable bonds is 2. The molecule has 0 spiro atoms. The summed E-state index contributed by atoms with van der Waals surface area (Å²) in [5, 5.41) is 9.79. The Morgan fingerprint density at radius 1 is 1.00 bits per heavy atom. The normalized spacial score (nSPS) is 34.3. The minimum Gasteiger partial charge on any atom is -0.505 e. The number of anilines is 1. The summed E-state index contributed by atoms with van der Waals surface area (Å²) in [5.74, 6) is -7.01. The van der Waals surface area contributed by atoms with Crippen LogP contribution in [-0.4, -0.2) is 50.4 Å². The number of benzene rings is 2. The molecule has 0 bridgehead atoms. The number of allylic oxidation sites excluding steroid dienone is 2. The van der Waals surface area contributed by atoms with Crippen molar-refractivity contribution in [2.45, 2.75) is 28.5 Å². The van der Waals surface area contributed by atoms with Gasteiger partial charge < -0.3 is 5.11 Å². The molecule has 2 aromatic rings. The van der Waals surface area contributed by atoms with Crippen LogP contribution in [-0.2, 0) is 19.2 Å². The Morgan fingerprint density at radius 3 is 2.34 bits per heavy atom. The van der Waals surface area contributed by atoms with Gasteiger partial charge in [0.25, 0.3) is 11.8 Å². The van der Waals surface area contributed by atoms with Gasteiger partial charge in [0.15, 0.2) is 21.3 Å². The molecule has 4 amide bonds. The lowest BCUT2D eigenvalue weighted by Gasteiger charge is -2.50.